The van der Waals surface area contributed by atoms with Crippen molar-refractivity contribution < 1.29 is 32.5 Å². The van der Waals surface area contributed by atoms with Crippen LogP contribution in [0.25, 0.3) is 0 Å². The van der Waals surface area contributed by atoms with E-state index in [1.807, 2.05) is 0 Å². The van der Waals surface area contributed by atoms with Crippen LogP contribution in [0, 0.1) is 6.92 Å². The first kappa shape index (κ1) is 18.7. The Balaban J connectivity index is 1.55. The van der Waals surface area contributed by atoms with E-state index < -0.39 is 17.7 Å². The molecule has 4 nitrogen and oxygen atoms in total. The topological polar surface area (TPSA) is 55.8 Å². The molecule has 0 saturated carbocycles. The predicted molar refractivity (Wildman–Crippen MR) is 94.8 cm³/mol. The lowest BCUT2D eigenvalue weighted by Gasteiger charge is -2.18. The predicted octanol–water partition coefficient (Wildman–Crippen LogP) is 5.03. The van der Waals surface area contributed by atoms with E-state index in [0.717, 1.165) is 17.2 Å². The minimum Gasteiger partial charge on any atom is -0.492 e. The van der Waals surface area contributed by atoms with Crippen LogP contribution in [0.2, 0.25) is 0 Å². The van der Waals surface area contributed by atoms with Crippen molar-refractivity contribution in [2.45, 2.75) is 44.4 Å². The number of alkyl halides is 3. The summed E-state index contributed by atoms with van der Waals surface area (Å²) in [7, 11) is 0. The van der Waals surface area contributed by atoms with Gasteiger partial charge in [0.25, 0.3) is 0 Å². The molecule has 0 saturated heterocycles. The van der Waals surface area contributed by atoms with Crippen LogP contribution in [-0.2, 0) is 17.4 Å². The number of halogens is 3. The molecule has 1 heterocycles. The summed E-state index contributed by atoms with van der Waals surface area (Å²) in [4.78, 5) is 10.9. The maximum atomic E-state index is 13.1. The first-order chi connectivity index (χ1) is 13.2. The quantitative estimate of drug-likeness (QED) is 0.793. The molecule has 2 aliphatic rings. The number of hydrogen-bond donors (Lipinski definition) is 1. The highest BCUT2D eigenvalue weighted by molar-refractivity contribution is 5.68. The van der Waals surface area contributed by atoms with Gasteiger partial charge in [0.2, 0.25) is 0 Å². The minimum absolute atomic E-state index is 0.00399. The second kappa shape index (κ2) is 6.72. The van der Waals surface area contributed by atoms with Crippen molar-refractivity contribution in [1.29, 1.82) is 0 Å². The Morgan fingerprint density at radius 3 is 2.71 bits per heavy atom. The molecule has 1 aliphatic heterocycles. The van der Waals surface area contributed by atoms with E-state index in [-0.39, 0.29) is 24.0 Å². The van der Waals surface area contributed by atoms with Gasteiger partial charge in [0.1, 0.15) is 17.6 Å². The lowest BCUT2D eigenvalue weighted by atomic mass is 9.97. The summed E-state index contributed by atoms with van der Waals surface area (Å²) in [5.74, 6) is 0.103. The molecule has 4 rings (SSSR count). The van der Waals surface area contributed by atoms with Crippen molar-refractivity contribution in [2.75, 3.05) is 6.61 Å². The highest BCUT2D eigenvalue weighted by atomic mass is 19.4. The molecule has 0 aromatic heterocycles. The lowest BCUT2D eigenvalue weighted by Crippen LogP contribution is -2.10. The molecule has 0 bridgehead atoms. The van der Waals surface area contributed by atoms with E-state index in [1.54, 1.807) is 18.2 Å². The van der Waals surface area contributed by atoms with Crippen LogP contribution in [0.4, 0.5) is 13.2 Å². The first-order valence-electron chi connectivity index (χ1n) is 9.09. The number of carboxylic acid groups (broad SMARTS) is 1. The average Bonchev–Trinajstić information content (AvgIpc) is 3.19. The van der Waals surface area contributed by atoms with Gasteiger partial charge in [0.15, 0.2) is 0 Å². The van der Waals surface area contributed by atoms with Gasteiger partial charge in [0.05, 0.1) is 18.6 Å². The van der Waals surface area contributed by atoms with E-state index in [4.69, 9.17) is 14.6 Å². The Morgan fingerprint density at radius 2 is 2.00 bits per heavy atom. The Labute approximate surface area is 159 Å². The van der Waals surface area contributed by atoms with Gasteiger partial charge in [-0.25, -0.2) is 0 Å². The van der Waals surface area contributed by atoms with Gasteiger partial charge in [0, 0.05) is 17.5 Å². The number of benzene rings is 2. The summed E-state index contributed by atoms with van der Waals surface area (Å²) in [5.41, 5.74) is 2.01. The van der Waals surface area contributed by atoms with Gasteiger partial charge < -0.3 is 14.6 Å². The third-order valence-corrected chi connectivity index (χ3v) is 5.51. The average molecular weight is 392 g/mol. The maximum Gasteiger partial charge on any atom is 0.416 e. The number of carbonyl (C=O) groups is 1. The van der Waals surface area contributed by atoms with Crippen LogP contribution >= 0.6 is 0 Å². The van der Waals surface area contributed by atoms with Gasteiger partial charge in [-0.05, 0) is 48.6 Å². The molecular formula is C21H19F3O4. The van der Waals surface area contributed by atoms with Crippen molar-refractivity contribution >= 4 is 5.97 Å². The van der Waals surface area contributed by atoms with Crippen molar-refractivity contribution in [3.63, 3.8) is 0 Å². The Morgan fingerprint density at radius 1 is 1.25 bits per heavy atom. The molecule has 0 radical (unpaired) electrons. The second-order valence-corrected chi connectivity index (χ2v) is 7.25. The third kappa shape index (κ3) is 3.30. The van der Waals surface area contributed by atoms with Crippen molar-refractivity contribution in [1.82, 2.24) is 0 Å². The zero-order chi connectivity index (χ0) is 20.1. The van der Waals surface area contributed by atoms with E-state index in [1.165, 1.54) is 13.0 Å². The van der Waals surface area contributed by atoms with E-state index in [9.17, 15) is 18.0 Å². The number of rotatable bonds is 4. The summed E-state index contributed by atoms with van der Waals surface area (Å²) in [5, 5.41) is 8.98. The molecule has 0 unspecified atom stereocenters. The summed E-state index contributed by atoms with van der Waals surface area (Å²) in [6, 6.07) is 7.93. The molecule has 28 heavy (non-hydrogen) atoms. The molecule has 2 aromatic rings. The number of carboxylic acids is 1. The van der Waals surface area contributed by atoms with Crippen LogP contribution in [-0.4, -0.2) is 17.7 Å². The Hall–Kier alpha value is -2.70. The zero-order valence-corrected chi connectivity index (χ0v) is 15.2. The van der Waals surface area contributed by atoms with Crippen LogP contribution in [0.1, 0.15) is 52.7 Å². The van der Waals surface area contributed by atoms with Crippen LogP contribution in [0.5, 0.6) is 11.5 Å². The Bertz CT molecular complexity index is 936. The fraction of sp³-hybridized carbons (Fsp3) is 0.381. The summed E-state index contributed by atoms with van der Waals surface area (Å²) < 4.78 is 51.0. The number of aliphatic carboxylic acids is 1. The number of ether oxygens (including phenoxy) is 2. The molecule has 7 heteroatoms. The van der Waals surface area contributed by atoms with Gasteiger partial charge in [-0.1, -0.05) is 12.1 Å². The normalized spacial score (nSPS) is 20.4. The van der Waals surface area contributed by atoms with Crippen molar-refractivity contribution in [3.8, 4) is 11.5 Å². The largest absolute Gasteiger partial charge is 0.492 e. The molecule has 2 aromatic carbocycles. The van der Waals surface area contributed by atoms with E-state index >= 15 is 0 Å². The fourth-order valence-corrected chi connectivity index (χ4v) is 4.15. The van der Waals surface area contributed by atoms with Crippen molar-refractivity contribution in [3.05, 3.63) is 58.1 Å². The van der Waals surface area contributed by atoms with Gasteiger partial charge in [-0.15, -0.1) is 0 Å². The second-order valence-electron chi connectivity index (χ2n) is 7.25. The number of hydrogen-bond acceptors (Lipinski definition) is 3. The van der Waals surface area contributed by atoms with Crippen LogP contribution in [0.15, 0.2) is 30.3 Å². The van der Waals surface area contributed by atoms with Gasteiger partial charge in [-0.2, -0.15) is 13.2 Å². The molecule has 2 atom stereocenters. The van der Waals surface area contributed by atoms with E-state index in [2.05, 4.69) is 0 Å². The molecule has 1 aliphatic carbocycles. The summed E-state index contributed by atoms with van der Waals surface area (Å²) >= 11 is 0. The Kier molecular flexibility index (Phi) is 4.48. The summed E-state index contributed by atoms with van der Waals surface area (Å²) in [6.45, 7) is 1.83. The number of fused-ring (bicyclic) bond motifs is 2. The highest BCUT2D eigenvalue weighted by Gasteiger charge is 2.36. The first-order valence-corrected chi connectivity index (χ1v) is 9.09. The highest BCUT2D eigenvalue weighted by Crippen LogP contribution is 2.43. The third-order valence-electron chi connectivity index (χ3n) is 5.51. The molecule has 0 spiro atoms. The summed E-state index contributed by atoms with van der Waals surface area (Å²) in [6.07, 6.45) is -3.52. The van der Waals surface area contributed by atoms with E-state index in [0.29, 0.717) is 36.5 Å². The molecule has 0 fully saturated rings. The fourth-order valence-electron chi connectivity index (χ4n) is 4.15. The van der Waals surface area contributed by atoms with Crippen LogP contribution < -0.4 is 9.47 Å². The molecule has 1 N–H and O–H groups in total. The van der Waals surface area contributed by atoms with Crippen molar-refractivity contribution in [2.24, 2.45) is 0 Å². The van der Waals surface area contributed by atoms with Gasteiger partial charge in [-0.3, -0.25) is 4.79 Å². The molecule has 0 amide bonds. The maximum absolute atomic E-state index is 13.1. The smallest absolute Gasteiger partial charge is 0.416 e. The minimum atomic E-state index is -4.36. The van der Waals surface area contributed by atoms with Gasteiger partial charge >= 0.3 is 12.1 Å². The molecule has 148 valence electrons. The zero-order valence-electron chi connectivity index (χ0n) is 15.2. The van der Waals surface area contributed by atoms with Crippen LogP contribution in [0.3, 0.4) is 0 Å². The standard InChI is InChI=1S/C21H19F3O4/c1-11-14-5-7-18(16(14)4-6-17(11)21(22,23)24)28-13-2-3-15-12(8-20(25)26)10-27-19(15)9-13/h2-4,6,9,12,18H,5,7-8,10H2,1H3,(H,25,26)/t12-,18-/m1/s1. The SMILES string of the molecule is Cc1c(C(F)(F)F)ccc2c1CC[C@H]2Oc1ccc2c(c1)OC[C@H]2CC(=O)O. The monoisotopic (exact) mass is 392 g/mol. The lowest BCUT2D eigenvalue weighted by molar-refractivity contribution is -0.138. The molecular weight excluding hydrogens is 373 g/mol.